The standard InChI is InChI=1S/C20H22N6O5S/c1-12(27)22-18-8-17(15(9-21-18)16-4-5-26(2)25-16)23-19-6-13(31-14-10-30-11-14)7-20(24-19)32(3,28)29/h4-9,14H,10-11H2,1-3H3,(H2,21,22,23,24,27). The third kappa shape index (κ3) is 5.03. The van der Waals surface area contributed by atoms with Gasteiger partial charge in [0.15, 0.2) is 14.9 Å². The van der Waals surface area contributed by atoms with Gasteiger partial charge in [0, 0.05) is 56.4 Å². The van der Waals surface area contributed by atoms with Gasteiger partial charge in [-0.1, -0.05) is 0 Å². The van der Waals surface area contributed by atoms with Gasteiger partial charge < -0.3 is 20.1 Å². The molecule has 1 aliphatic rings. The number of carbonyl (C=O) groups excluding carboxylic acids is 1. The van der Waals surface area contributed by atoms with Crippen molar-refractivity contribution in [1.82, 2.24) is 19.7 Å². The lowest BCUT2D eigenvalue weighted by atomic mass is 10.1. The van der Waals surface area contributed by atoms with Crippen molar-refractivity contribution in [3.63, 3.8) is 0 Å². The summed E-state index contributed by atoms with van der Waals surface area (Å²) >= 11 is 0. The summed E-state index contributed by atoms with van der Waals surface area (Å²) < 4.78 is 36.9. The van der Waals surface area contributed by atoms with E-state index in [9.17, 15) is 13.2 Å². The SMILES string of the molecule is CC(=O)Nc1cc(Nc2cc(OC3COC3)cc(S(C)(=O)=O)n2)c(-c2ccn(C)n2)cn1. The third-order valence-corrected chi connectivity index (χ3v) is 5.49. The minimum absolute atomic E-state index is 0.131. The Balaban J connectivity index is 1.75. The zero-order chi connectivity index (χ0) is 22.9. The maximum absolute atomic E-state index is 12.2. The van der Waals surface area contributed by atoms with Gasteiger partial charge in [0.2, 0.25) is 5.91 Å². The first-order valence-corrected chi connectivity index (χ1v) is 11.6. The Bertz CT molecular complexity index is 1270. The summed E-state index contributed by atoms with van der Waals surface area (Å²) in [7, 11) is -1.80. The molecule has 0 aliphatic carbocycles. The van der Waals surface area contributed by atoms with Crippen LogP contribution in [0.3, 0.4) is 0 Å². The number of anilines is 3. The lowest BCUT2D eigenvalue weighted by Crippen LogP contribution is -2.38. The van der Waals surface area contributed by atoms with E-state index in [2.05, 4.69) is 25.7 Å². The number of amides is 1. The Labute approximate surface area is 184 Å². The van der Waals surface area contributed by atoms with Gasteiger partial charge in [0.05, 0.1) is 24.6 Å². The van der Waals surface area contributed by atoms with Crippen molar-refractivity contribution in [2.24, 2.45) is 7.05 Å². The van der Waals surface area contributed by atoms with Crippen LogP contribution >= 0.6 is 0 Å². The molecule has 0 radical (unpaired) electrons. The van der Waals surface area contributed by atoms with Crippen molar-refractivity contribution < 1.29 is 22.7 Å². The molecule has 3 aromatic heterocycles. The van der Waals surface area contributed by atoms with E-state index in [1.54, 1.807) is 36.3 Å². The number of carbonyl (C=O) groups is 1. The lowest BCUT2D eigenvalue weighted by molar-refractivity contribution is -0.114. The number of nitrogens with one attached hydrogen (secondary N) is 2. The molecule has 3 aromatic rings. The molecule has 11 nitrogen and oxygen atoms in total. The number of ether oxygens (including phenoxy) is 2. The molecule has 0 spiro atoms. The van der Waals surface area contributed by atoms with E-state index in [1.807, 2.05) is 6.07 Å². The van der Waals surface area contributed by atoms with E-state index in [0.29, 0.717) is 41.7 Å². The third-order valence-electron chi connectivity index (χ3n) is 4.53. The van der Waals surface area contributed by atoms with Crippen molar-refractivity contribution in [3.8, 4) is 17.0 Å². The number of aromatic nitrogens is 4. The van der Waals surface area contributed by atoms with Crippen molar-refractivity contribution in [3.05, 3.63) is 36.7 Å². The maximum atomic E-state index is 12.2. The Morgan fingerprint density at radius 2 is 2.03 bits per heavy atom. The van der Waals surface area contributed by atoms with Crippen LogP contribution in [0.1, 0.15) is 6.92 Å². The van der Waals surface area contributed by atoms with Crippen LogP contribution in [0.5, 0.6) is 5.75 Å². The van der Waals surface area contributed by atoms with Crippen molar-refractivity contribution >= 4 is 33.1 Å². The Morgan fingerprint density at radius 1 is 1.25 bits per heavy atom. The molecule has 0 saturated carbocycles. The summed E-state index contributed by atoms with van der Waals surface area (Å²) in [5.41, 5.74) is 1.80. The molecule has 1 saturated heterocycles. The highest BCUT2D eigenvalue weighted by Gasteiger charge is 2.22. The predicted octanol–water partition coefficient (Wildman–Crippen LogP) is 1.76. The summed E-state index contributed by atoms with van der Waals surface area (Å²) in [5.74, 6) is 0.652. The van der Waals surface area contributed by atoms with E-state index in [1.165, 1.54) is 13.0 Å². The second-order valence-corrected chi connectivity index (χ2v) is 9.33. The number of hydrogen-bond acceptors (Lipinski definition) is 9. The largest absolute Gasteiger partial charge is 0.485 e. The first-order valence-electron chi connectivity index (χ1n) is 9.68. The average molecular weight is 459 g/mol. The van der Waals surface area contributed by atoms with Crippen LogP contribution in [0.25, 0.3) is 11.3 Å². The Morgan fingerprint density at radius 3 is 2.62 bits per heavy atom. The van der Waals surface area contributed by atoms with Crippen molar-refractivity contribution in [1.29, 1.82) is 0 Å². The van der Waals surface area contributed by atoms with Crippen LogP contribution in [0.15, 0.2) is 41.7 Å². The zero-order valence-electron chi connectivity index (χ0n) is 17.7. The molecule has 0 atom stereocenters. The minimum atomic E-state index is -3.60. The van der Waals surface area contributed by atoms with Crippen LogP contribution in [-0.4, -0.2) is 59.6 Å². The molecule has 4 heterocycles. The summed E-state index contributed by atoms with van der Waals surface area (Å²) in [5, 5.41) is 10.0. The second kappa shape index (κ2) is 8.55. The first-order chi connectivity index (χ1) is 15.2. The van der Waals surface area contributed by atoms with Gasteiger partial charge in [-0.2, -0.15) is 5.10 Å². The van der Waals surface area contributed by atoms with E-state index >= 15 is 0 Å². The normalized spacial score (nSPS) is 14.0. The molecule has 168 valence electrons. The number of sulfone groups is 1. The van der Waals surface area contributed by atoms with Gasteiger partial charge in [0.1, 0.15) is 23.5 Å². The monoisotopic (exact) mass is 458 g/mol. The van der Waals surface area contributed by atoms with Crippen molar-refractivity contribution in [2.75, 3.05) is 30.1 Å². The van der Waals surface area contributed by atoms with Crippen molar-refractivity contribution in [2.45, 2.75) is 18.1 Å². The number of hydrogen-bond donors (Lipinski definition) is 2. The maximum Gasteiger partial charge on any atom is 0.222 e. The van der Waals surface area contributed by atoms with Gasteiger partial charge in [0.25, 0.3) is 0 Å². The fraction of sp³-hybridized carbons (Fsp3) is 0.300. The molecule has 32 heavy (non-hydrogen) atoms. The van der Waals surface area contributed by atoms with Gasteiger partial charge in [-0.25, -0.2) is 18.4 Å². The van der Waals surface area contributed by atoms with Gasteiger partial charge in [-0.3, -0.25) is 9.48 Å². The molecule has 1 amide bonds. The molecule has 0 unspecified atom stereocenters. The minimum Gasteiger partial charge on any atom is -0.485 e. The smallest absolute Gasteiger partial charge is 0.222 e. The molecule has 12 heteroatoms. The molecule has 4 rings (SSSR count). The van der Waals surface area contributed by atoms with E-state index in [0.717, 1.165) is 6.26 Å². The molecule has 1 fully saturated rings. The number of aryl methyl sites for hydroxylation is 1. The van der Waals surface area contributed by atoms with E-state index in [-0.39, 0.29) is 22.9 Å². The molecule has 0 bridgehead atoms. The van der Waals surface area contributed by atoms with Crippen LogP contribution in [0.4, 0.5) is 17.3 Å². The first kappa shape index (κ1) is 21.7. The van der Waals surface area contributed by atoms with Gasteiger partial charge in [-0.15, -0.1) is 0 Å². The summed E-state index contributed by atoms with van der Waals surface area (Å²) in [4.78, 5) is 20.0. The van der Waals surface area contributed by atoms with Crippen LogP contribution < -0.4 is 15.4 Å². The summed E-state index contributed by atoms with van der Waals surface area (Å²) in [6.45, 7) is 2.26. The average Bonchev–Trinajstić information content (AvgIpc) is 3.10. The highest BCUT2D eigenvalue weighted by atomic mass is 32.2. The Hall–Kier alpha value is -3.51. The summed E-state index contributed by atoms with van der Waals surface area (Å²) in [6, 6.07) is 6.42. The van der Waals surface area contributed by atoms with Gasteiger partial charge >= 0.3 is 0 Å². The second-order valence-electron chi connectivity index (χ2n) is 7.37. The molecule has 0 aromatic carbocycles. The predicted molar refractivity (Wildman–Crippen MR) is 117 cm³/mol. The zero-order valence-corrected chi connectivity index (χ0v) is 18.5. The Kier molecular flexibility index (Phi) is 5.80. The topological polar surface area (TPSA) is 137 Å². The molecule has 2 N–H and O–H groups in total. The molecule has 1 aliphatic heterocycles. The van der Waals surface area contributed by atoms with Crippen LogP contribution in [0, 0.1) is 0 Å². The number of rotatable bonds is 7. The highest BCUT2D eigenvalue weighted by molar-refractivity contribution is 7.90. The fourth-order valence-corrected chi connectivity index (χ4v) is 3.58. The van der Waals surface area contributed by atoms with Gasteiger partial charge in [-0.05, 0) is 6.07 Å². The molecular formula is C20H22N6O5S. The van der Waals surface area contributed by atoms with E-state index < -0.39 is 9.84 Å². The summed E-state index contributed by atoms with van der Waals surface area (Å²) in [6.07, 6.45) is 4.29. The highest BCUT2D eigenvalue weighted by Crippen LogP contribution is 2.32. The fourth-order valence-electron chi connectivity index (χ4n) is 2.99. The lowest BCUT2D eigenvalue weighted by Gasteiger charge is -2.27. The molecular weight excluding hydrogens is 436 g/mol. The van der Waals surface area contributed by atoms with E-state index in [4.69, 9.17) is 9.47 Å². The number of pyridine rings is 2. The van der Waals surface area contributed by atoms with Crippen LogP contribution in [-0.2, 0) is 26.4 Å². The van der Waals surface area contributed by atoms with Crippen LogP contribution in [0.2, 0.25) is 0 Å². The number of nitrogens with zero attached hydrogens (tertiary/aromatic N) is 4. The quantitative estimate of drug-likeness (QED) is 0.542.